The predicted octanol–water partition coefficient (Wildman–Crippen LogP) is 1.79. The molecule has 0 aliphatic rings. The molecule has 0 spiro atoms. The summed E-state index contributed by atoms with van der Waals surface area (Å²) in [6, 6.07) is 8.29. The van der Waals surface area contributed by atoms with E-state index in [1.807, 2.05) is 6.07 Å². The average molecular weight is 286 g/mol. The molecule has 106 valence electrons. The number of nitriles is 1. The van der Waals surface area contributed by atoms with E-state index >= 15 is 0 Å². The van der Waals surface area contributed by atoms with E-state index in [9.17, 15) is 9.59 Å². The van der Waals surface area contributed by atoms with Crippen LogP contribution in [0.15, 0.2) is 28.7 Å². The monoisotopic (exact) mass is 286 g/mol. The van der Waals surface area contributed by atoms with Crippen molar-refractivity contribution in [2.75, 3.05) is 14.2 Å². The molecule has 2 aromatic rings. The molecular formula is C14H10N2O5. The van der Waals surface area contributed by atoms with Crippen LogP contribution >= 0.6 is 0 Å². The fourth-order valence-electron chi connectivity index (χ4n) is 1.60. The first-order valence-electron chi connectivity index (χ1n) is 5.78. The van der Waals surface area contributed by atoms with E-state index in [-0.39, 0.29) is 17.3 Å². The lowest BCUT2D eigenvalue weighted by Crippen LogP contribution is -2.10. The van der Waals surface area contributed by atoms with Gasteiger partial charge in [-0.1, -0.05) is 0 Å². The van der Waals surface area contributed by atoms with Gasteiger partial charge in [-0.25, -0.2) is 14.6 Å². The van der Waals surface area contributed by atoms with Gasteiger partial charge in [0.05, 0.1) is 25.9 Å². The van der Waals surface area contributed by atoms with Gasteiger partial charge in [0.15, 0.2) is 0 Å². The summed E-state index contributed by atoms with van der Waals surface area (Å²) in [6.45, 7) is 0. The van der Waals surface area contributed by atoms with Crippen LogP contribution < -0.4 is 0 Å². The minimum absolute atomic E-state index is 0.0558. The van der Waals surface area contributed by atoms with Crippen molar-refractivity contribution in [2.45, 2.75) is 0 Å². The molecule has 1 heterocycles. The van der Waals surface area contributed by atoms with Crippen molar-refractivity contribution in [1.82, 2.24) is 4.98 Å². The molecule has 0 N–H and O–H groups in total. The molecule has 0 atom stereocenters. The second-order valence-electron chi connectivity index (χ2n) is 3.87. The van der Waals surface area contributed by atoms with Crippen LogP contribution in [0.5, 0.6) is 0 Å². The van der Waals surface area contributed by atoms with Gasteiger partial charge in [-0.3, -0.25) is 0 Å². The van der Waals surface area contributed by atoms with Crippen molar-refractivity contribution in [3.8, 4) is 17.5 Å². The van der Waals surface area contributed by atoms with Crippen LogP contribution in [0.4, 0.5) is 0 Å². The average Bonchev–Trinajstić information content (AvgIpc) is 2.98. The van der Waals surface area contributed by atoms with E-state index in [2.05, 4.69) is 14.5 Å². The van der Waals surface area contributed by atoms with E-state index in [0.717, 1.165) is 7.11 Å². The Balaban J connectivity index is 2.50. The summed E-state index contributed by atoms with van der Waals surface area (Å²) in [4.78, 5) is 27.1. The first-order chi connectivity index (χ1) is 10.1. The second-order valence-corrected chi connectivity index (χ2v) is 3.87. The maximum atomic E-state index is 11.6. The highest BCUT2D eigenvalue weighted by Crippen LogP contribution is 2.23. The van der Waals surface area contributed by atoms with Crippen LogP contribution in [0.25, 0.3) is 11.5 Å². The number of oxazole rings is 1. The Morgan fingerprint density at radius 2 is 1.76 bits per heavy atom. The van der Waals surface area contributed by atoms with Gasteiger partial charge >= 0.3 is 11.9 Å². The predicted molar refractivity (Wildman–Crippen MR) is 69.3 cm³/mol. The van der Waals surface area contributed by atoms with E-state index < -0.39 is 11.9 Å². The molecule has 0 unspecified atom stereocenters. The Labute approximate surface area is 119 Å². The maximum absolute atomic E-state index is 11.6. The molecule has 1 aromatic heterocycles. The summed E-state index contributed by atoms with van der Waals surface area (Å²) in [6.07, 6.45) is 0. The third kappa shape index (κ3) is 2.74. The molecular weight excluding hydrogens is 276 g/mol. The number of ether oxygens (including phenoxy) is 2. The van der Waals surface area contributed by atoms with Crippen LogP contribution in [0.2, 0.25) is 0 Å². The number of rotatable bonds is 3. The molecule has 0 bridgehead atoms. The Hall–Kier alpha value is -3.14. The van der Waals surface area contributed by atoms with Crippen molar-refractivity contribution in [2.24, 2.45) is 0 Å². The third-order valence-corrected chi connectivity index (χ3v) is 2.64. The summed E-state index contributed by atoms with van der Waals surface area (Å²) in [5.74, 6) is -1.91. The number of benzene rings is 1. The van der Waals surface area contributed by atoms with Gasteiger partial charge in [0.2, 0.25) is 17.3 Å². The van der Waals surface area contributed by atoms with Crippen molar-refractivity contribution < 1.29 is 23.5 Å². The number of aromatic nitrogens is 1. The third-order valence-electron chi connectivity index (χ3n) is 2.64. The molecule has 0 radical (unpaired) electrons. The zero-order valence-corrected chi connectivity index (χ0v) is 11.2. The molecule has 7 nitrogen and oxygen atoms in total. The molecule has 1 aromatic carbocycles. The summed E-state index contributed by atoms with van der Waals surface area (Å²) >= 11 is 0. The molecule has 7 heteroatoms. The minimum Gasteiger partial charge on any atom is -0.464 e. The van der Waals surface area contributed by atoms with Crippen LogP contribution in [0, 0.1) is 11.3 Å². The minimum atomic E-state index is -0.831. The molecule has 0 amide bonds. The van der Waals surface area contributed by atoms with E-state index in [1.54, 1.807) is 24.3 Å². The summed E-state index contributed by atoms with van der Waals surface area (Å²) in [5.41, 5.74) is 0.713. The summed E-state index contributed by atoms with van der Waals surface area (Å²) in [7, 11) is 2.33. The lowest BCUT2D eigenvalue weighted by Gasteiger charge is -1.96. The Kier molecular flexibility index (Phi) is 4.00. The van der Waals surface area contributed by atoms with Crippen molar-refractivity contribution in [3.63, 3.8) is 0 Å². The van der Waals surface area contributed by atoms with Gasteiger partial charge in [0.25, 0.3) is 0 Å². The zero-order chi connectivity index (χ0) is 15.4. The van der Waals surface area contributed by atoms with E-state index in [0.29, 0.717) is 11.1 Å². The largest absolute Gasteiger partial charge is 0.464 e. The SMILES string of the molecule is COC(=O)c1nc(-c2ccc(C#N)cc2)oc1C(=O)OC. The fraction of sp³-hybridized carbons (Fsp3) is 0.143. The highest BCUT2D eigenvalue weighted by Gasteiger charge is 2.27. The summed E-state index contributed by atoms with van der Waals surface area (Å²) < 4.78 is 14.4. The van der Waals surface area contributed by atoms with Gasteiger partial charge in [0.1, 0.15) is 0 Å². The number of nitrogens with zero attached hydrogens (tertiary/aromatic N) is 2. The maximum Gasteiger partial charge on any atom is 0.376 e. The van der Waals surface area contributed by atoms with E-state index in [1.165, 1.54) is 7.11 Å². The van der Waals surface area contributed by atoms with E-state index in [4.69, 9.17) is 9.68 Å². The first-order valence-corrected chi connectivity index (χ1v) is 5.78. The number of methoxy groups -OCH3 is 2. The van der Waals surface area contributed by atoms with Crippen molar-refractivity contribution in [3.05, 3.63) is 41.3 Å². The molecule has 0 saturated carbocycles. The number of hydrogen-bond donors (Lipinski definition) is 0. The lowest BCUT2D eigenvalue weighted by atomic mass is 10.1. The van der Waals surface area contributed by atoms with Crippen LogP contribution in [0.1, 0.15) is 26.6 Å². The van der Waals surface area contributed by atoms with Crippen LogP contribution in [-0.4, -0.2) is 31.1 Å². The molecule has 0 aliphatic heterocycles. The highest BCUT2D eigenvalue weighted by molar-refractivity contribution is 6.00. The van der Waals surface area contributed by atoms with Crippen LogP contribution in [-0.2, 0) is 9.47 Å². The van der Waals surface area contributed by atoms with Gasteiger partial charge in [-0.05, 0) is 24.3 Å². The van der Waals surface area contributed by atoms with Crippen molar-refractivity contribution >= 4 is 11.9 Å². The second kappa shape index (κ2) is 5.88. The Morgan fingerprint density at radius 3 is 2.29 bits per heavy atom. The topological polar surface area (TPSA) is 102 Å². The Bertz CT molecular complexity index is 691. The van der Waals surface area contributed by atoms with Crippen molar-refractivity contribution in [1.29, 1.82) is 5.26 Å². The molecule has 21 heavy (non-hydrogen) atoms. The van der Waals surface area contributed by atoms with Crippen LogP contribution in [0.3, 0.4) is 0 Å². The smallest absolute Gasteiger partial charge is 0.376 e. The fourth-order valence-corrected chi connectivity index (χ4v) is 1.60. The Morgan fingerprint density at radius 1 is 1.14 bits per heavy atom. The summed E-state index contributed by atoms with van der Waals surface area (Å²) in [5, 5.41) is 8.75. The number of esters is 2. The lowest BCUT2D eigenvalue weighted by molar-refractivity contribution is 0.0527. The molecule has 0 aliphatic carbocycles. The standard InChI is InChI=1S/C14H10N2O5/c1-19-13(17)10-11(14(18)20-2)21-12(16-10)9-5-3-8(7-15)4-6-9/h3-6H,1-2H3. The normalized spacial score (nSPS) is 9.76. The zero-order valence-electron chi connectivity index (χ0n) is 11.2. The highest BCUT2D eigenvalue weighted by atomic mass is 16.5. The van der Waals surface area contributed by atoms with Gasteiger partial charge in [-0.15, -0.1) is 0 Å². The van der Waals surface area contributed by atoms with Gasteiger partial charge in [0, 0.05) is 5.56 Å². The molecule has 0 saturated heterocycles. The number of carbonyl (C=O) groups is 2. The van der Waals surface area contributed by atoms with Gasteiger partial charge < -0.3 is 13.9 Å². The first kappa shape index (κ1) is 14.3. The number of hydrogen-bond acceptors (Lipinski definition) is 7. The van der Waals surface area contributed by atoms with Gasteiger partial charge in [-0.2, -0.15) is 5.26 Å². The number of carbonyl (C=O) groups excluding carboxylic acids is 2. The molecule has 2 rings (SSSR count). The molecule has 0 fully saturated rings. The quantitative estimate of drug-likeness (QED) is 0.792.